The Balaban J connectivity index is 1.70. The van der Waals surface area contributed by atoms with E-state index < -0.39 is 41.2 Å². The van der Waals surface area contributed by atoms with Gasteiger partial charge in [0, 0.05) is 24.8 Å². The van der Waals surface area contributed by atoms with E-state index in [1.165, 1.54) is 0 Å². The van der Waals surface area contributed by atoms with E-state index in [1.54, 1.807) is 0 Å². The predicted octanol–water partition coefficient (Wildman–Crippen LogP) is 1.91. The Kier molecular flexibility index (Phi) is 3.70. The van der Waals surface area contributed by atoms with E-state index in [0.717, 1.165) is 0 Å². The maximum atomic E-state index is 12.3. The number of epoxide rings is 1. The van der Waals surface area contributed by atoms with Gasteiger partial charge in [-0.05, 0) is 18.4 Å². The lowest BCUT2D eigenvalue weighted by Crippen LogP contribution is -2.49. The Morgan fingerprint density at radius 2 is 2.12 bits per heavy atom. The molecule has 6 nitrogen and oxygen atoms in total. The number of rotatable bonds is 3. The molecule has 6 heteroatoms. The van der Waals surface area contributed by atoms with E-state index in [-0.39, 0.29) is 30.8 Å². The number of fused-ring (bicyclic) bond motifs is 5. The molecule has 4 aliphatic rings. The summed E-state index contributed by atoms with van der Waals surface area (Å²) in [6.45, 7) is 13.8. The number of carbonyl (C=O) groups is 2. The first-order valence-corrected chi connectivity index (χ1v) is 9.25. The molecule has 7 unspecified atom stereocenters. The van der Waals surface area contributed by atoms with Crippen LogP contribution in [0.1, 0.15) is 40.0 Å². The summed E-state index contributed by atoms with van der Waals surface area (Å²) in [5, 5.41) is 11.4. The van der Waals surface area contributed by atoms with E-state index in [9.17, 15) is 14.7 Å². The quantitative estimate of drug-likeness (QED) is 0.357. The lowest BCUT2D eigenvalue weighted by atomic mass is 9.75. The van der Waals surface area contributed by atoms with Crippen molar-refractivity contribution < 1.29 is 28.9 Å². The third kappa shape index (κ3) is 2.31. The van der Waals surface area contributed by atoms with Crippen LogP contribution in [0.25, 0.3) is 0 Å². The highest BCUT2D eigenvalue weighted by molar-refractivity contribution is 5.91. The highest BCUT2D eigenvalue weighted by atomic mass is 16.6. The number of carbonyl (C=O) groups excluding carboxylic acids is 2. The molecule has 0 bridgehead atoms. The second-order valence-electron chi connectivity index (χ2n) is 8.75. The predicted molar refractivity (Wildman–Crippen MR) is 91.9 cm³/mol. The number of hydrogen-bond donors (Lipinski definition) is 1. The second-order valence-corrected chi connectivity index (χ2v) is 8.75. The molecule has 0 aromatic rings. The van der Waals surface area contributed by atoms with Gasteiger partial charge in [-0.1, -0.05) is 27.0 Å². The van der Waals surface area contributed by atoms with Crippen LogP contribution in [0.15, 0.2) is 24.3 Å². The minimum Gasteiger partial charge on any atom is -0.461 e. The van der Waals surface area contributed by atoms with Crippen molar-refractivity contribution in [1.29, 1.82) is 0 Å². The first-order chi connectivity index (χ1) is 12.1. The fraction of sp³-hybridized carbons (Fsp3) is 0.700. The Morgan fingerprint density at radius 1 is 1.42 bits per heavy atom. The van der Waals surface area contributed by atoms with Gasteiger partial charge >= 0.3 is 11.9 Å². The van der Waals surface area contributed by atoms with Gasteiger partial charge in [0.15, 0.2) is 0 Å². The summed E-state index contributed by atoms with van der Waals surface area (Å²) in [6.07, 6.45) is -0.314. The lowest BCUT2D eigenvalue weighted by molar-refractivity contribution is -0.155. The maximum absolute atomic E-state index is 12.3. The van der Waals surface area contributed by atoms with Crippen molar-refractivity contribution in [3.05, 3.63) is 24.3 Å². The molecule has 0 amide bonds. The van der Waals surface area contributed by atoms with Crippen LogP contribution in [0.2, 0.25) is 0 Å². The molecule has 26 heavy (non-hydrogen) atoms. The smallest absolute Gasteiger partial charge is 0.334 e. The average molecular weight is 362 g/mol. The molecule has 4 rings (SSSR count). The zero-order chi connectivity index (χ0) is 19.0. The zero-order valence-corrected chi connectivity index (χ0v) is 15.5. The van der Waals surface area contributed by atoms with E-state index in [1.807, 2.05) is 20.8 Å². The molecule has 2 heterocycles. The van der Waals surface area contributed by atoms with Crippen LogP contribution >= 0.6 is 0 Å². The molecule has 2 aliphatic heterocycles. The Morgan fingerprint density at radius 3 is 2.77 bits per heavy atom. The Labute approximate surface area is 153 Å². The van der Waals surface area contributed by atoms with Gasteiger partial charge in [-0.25, -0.2) is 4.79 Å². The van der Waals surface area contributed by atoms with Crippen molar-refractivity contribution in [3.63, 3.8) is 0 Å². The molecule has 142 valence electrons. The van der Waals surface area contributed by atoms with Gasteiger partial charge in [0.05, 0.1) is 23.5 Å². The summed E-state index contributed by atoms with van der Waals surface area (Å²) >= 11 is 0. The number of ether oxygens (including phenoxy) is 3. The van der Waals surface area contributed by atoms with Gasteiger partial charge in [-0.2, -0.15) is 0 Å². The average Bonchev–Trinajstić information content (AvgIpc) is 2.97. The summed E-state index contributed by atoms with van der Waals surface area (Å²) in [5.74, 6) is -1.58. The number of esters is 2. The fourth-order valence-electron chi connectivity index (χ4n) is 5.17. The maximum Gasteiger partial charge on any atom is 0.334 e. The molecule has 0 spiro atoms. The monoisotopic (exact) mass is 362 g/mol. The molecule has 2 saturated heterocycles. The van der Waals surface area contributed by atoms with Crippen LogP contribution in [0, 0.1) is 17.8 Å². The summed E-state index contributed by atoms with van der Waals surface area (Å²) in [6, 6.07) is 0. The third-order valence-corrected chi connectivity index (χ3v) is 6.52. The molecular formula is C20H26O6. The van der Waals surface area contributed by atoms with Crippen molar-refractivity contribution in [3.8, 4) is 0 Å². The summed E-state index contributed by atoms with van der Waals surface area (Å²) in [5.41, 5.74) is -0.838. The Hall–Kier alpha value is -1.66. The minimum atomic E-state index is -1.19. The SMILES string of the molecule is C=C1C(=O)OC2C1C(OC(=O)CC(C)C)CC(=C)C1(O)CC3OC3(C)C21. The molecule has 2 aliphatic carbocycles. The molecule has 0 aromatic carbocycles. The van der Waals surface area contributed by atoms with Crippen molar-refractivity contribution >= 4 is 11.9 Å². The summed E-state index contributed by atoms with van der Waals surface area (Å²) in [4.78, 5) is 24.5. The molecule has 7 atom stereocenters. The van der Waals surface area contributed by atoms with Crippen molar-refractivity contribution in [2.45, 2.75) is 69.5 Å². The molecule has 0 radical (unpaired) electrons. The molecule has 1 N–H and O–H groups in total. The minimum absolute atomic E-state index is 0.0671. The normalized spacial score (nSPS) is 46.3. The van der Waals surface area contributed by atoms with Crippen LogP contribution in [0.3, 0.4) is 0 Å². The van der Waals surface area contributed by atoms with Gasteiger partial charge in [0.25, 0.3) is 0 Å². The van der Waals surface area contributed by atoms with Crippen LogP contribution in [0.4, 0.5) is 0 Å². The summed E-state index contributed by atoms with van der Waals surface area (Å²) in [7, 11) is 0. The summed E-state index contributed by atoms with van der Waals surface area (Å²) < 4.78 is 17.2. The topological polar surface area (TPSA) is 85.4 Å². The highest BCUT2D eigenvalue weighted by Gasteiger charge is 2.77. The van der Waals surface area contributed by atoms with Crippen LogP contribution in [-0.4, -0.2) is 46.6 Å². The fourth-order valence-corrected chi connectivity index (χ4v) is 5.17. The number of hydrogen-bond acceptors (Lipinski definition) is 6. The van der Waals surface area contributed by atoms with Gasteiger partial charge in [0.1, 0.15) is 17.8 Å². The largest absolute Gasteiger partial charge is 0.461 e. The van der Waals surface area contributed by atoms with E-state index >= 15 is 0 Å². The van der Waals surface area contributed by atoms with Gasteiger partial charge in [-0.15, -0.1) is 0 Å². The van der Waals surface area contributed by atoms with E-state index in [4.69, 9.17) is 14.2 Å². The van der Waals surface area contributed by atoms with Crippen molar-refractivity contribution in [1.82, 2.24) is 0 Å². The molecule has 0 aromatic heterocycles. The zero-order valence-electron chi connectivity index (χ0n) is 15.5. The van der Waals surface area contributed by atoms with Gasteiger partial charge in [-0.3, -0.25) is 4.79 Å². The van der Waals surface area contributed by atoms with E-state index in [2.05, 4.69) is 13.2 Å². The first-order valence-electron chi connectivity index (χ1n) is 9.25. The van der Waals surface area contributed by atoms with Crippen LogP contribution in [0.5, 0.6) is 0 Å². The van der Waals surface area contributed by atoms with Crippen molar-refractivity contribution in [2.24, 2.45) is 17.8 Å². The van der Waals surface area contributed by atoms with E-state index in [0.29, 0.717) is 17.6 Å². The second kappa shape index (κ2) is 5.42. The number of aliphatic hydroxyl groups is 1. The van der Waals surface area contributed by atoms with Crippen LogP contribution in [-0.2, 0) is 23.8 Å². The van der Waals surface area contributed by atoms with Crippen molar-refractivity contribution in [2.75, 3.05) is 0 Å². The first kappa shape index (κ1) is 17.7. The molecule has 2 saturated carbocycles. The molecular weight excluding hydrogens is 336 g/mol. The lowest BCUT2D eigenvalue weighted by Gasteiger charge is -2.37. The third-order valence-electron chi connectivity index (χ3n) is 6.52. The van der Waals surface area contributed by atoms with Crippen LogP contribution < -0.4 is 0 Å². The van der Waals surface area contributed by atoms with Gasteiger partial charge < -0.3 is 19.3 Å². The standard InChI is InChI=1S/C20H26O6/c1-9(2)6-14(21)24-12-7-10(3)20(23)8-13-19(5,26-13)17(20)16-15(12)11(4)18(22)25-16/h9,12-13,15-17,23H,3-4,6-8H2,1-2,5H3. The highest BCUT2D eigenvalue weighted by Crippen LogP contribution is 2.65. The Bertz CT molecular complexity index is 711. The van der Waals surface area contributed by atoms with Gasteiger partial charge in [0.2, 0.25) is 0 Å². The molecule has 4 fully saturated rings.